The normalized spacial score (nSPS) is 8.92. The highest BCUT2D eigenvalue weighted by molar-refractivity contribution is 5.60. The molecule has 10 nitrogen and oxygen atoms in total. The van der Waals surface area contributed by atoms with E-state index in [-0.39, 0.29) is 11.3 Å². The molecular weight excluding hydrogens is 316 g/mol. The van der Waals surface area contributed by atoms with Gasteiger partial charge in [0.05, 0.1) is 15.4 Å². The zero-order valence-corrected chi connectivity index (χ0v) is 12.0. The summed E-state index contributed by atoms with van der Waals surface area (Å²) in [6.07, 6.45) is 0. The van der Waals surface area contributed by atoms with Crippen LogP contribution in [0.5, 0.6) is 0 Å². The molecule has 4 N–H and O–H groups in total. The van der Waals surface area contributed by atoms with Gasteiger partial charge in [-0.25, -0.2) is 0 Å². The number of nitro benzene ring substituents is 2. The fourth-order valence-corrected chi connectivity index (χ4v) is 1.56. The van der Waals surface area contributed by atoms with Crippen molar-refractivity contribution >= 4 is 22.7 Å². The fourth-order valence-electron chi connectivity index (χ4n) is 1.56. The van der Waals surface area contributed by atoms with Crippen LogP contribution in [0.25, 0.3) is 0 Å². The van der Waals surface area contributed by atoms with E-state index in [1.807, 2.05) is 6.07 Å². The third-order valence-corrected chi connectivity index (χ3v) is 2.71. The number of nitrogen functional groups attached to an aromatic ring is 2. The molecule has 0 saturated carbocycles. The summed E-state index contributed by atoms with van der Waals surface area (Å²) in [7, 11) is 0. The Morgan fingerprint density at radius 2 is 1.50 bits per heavy atom. The van der Waals surface area contributed by atoms with Crippen molar-refractivity contribution in [2.45, 2.75) is 0 Å². The summed E-state index contributed by atoms with van der Waals surface area (Å²) in [6, 6.07) is 11.1. The van der Waals surface area contributed by atoms with Crippen molar-refractivity contribution in [1.82, 2.24) is 0 Å². The van der Waals surface area contributed by atoms with Crippen LogP contribution in [-0.4, -0.2) is 9.85 Å². The summed E-state index contributed by atoms with van der Waals surface area (Å²) in [5.74, 6) is 0. The smallest absolute Gasteiger partial charge is 0.287 e. The highest BCUT2D eigenvalue weighted by Gasteiger charge is 2.17. The van der Waals surface area contributed by atoms with Gasteiger partial charge in [-0.1, -0.05) is 0 Å². The molecule has 0 aromatic heterocycles. The van der Waals surface area contributed by atoms with Gasteiger partial charge in [0.1, 0.15) is 17.7 Å². The topological polar surface area (TPSA) is 186 Å². The minimum Gasteiger partial charge on any atom is -0.399 e. The standard InChI is InChI=1S/C7H3N3O4.C7H7N3/c8-4-5-3-6(9(11)12)1-2-7(5)10(13)14;8-4-5-3-6(9)1-2-7(5)10/h1-3H;1-3H,9-10H2. The van der Waals surface area contributed by atoms with Crippen molar-refractivity contribution in [2.24, 2.45) is 0 Å². The maximum absolute atomic E-state index is 10.3. The highest BCUT2D eigenvalue weighted by atomic mass is 16.6. The number of nitriles is 2. The number of hydrogen-bond acceptors (Lipinski definition) is 8. The molecule has 2 aromatic rings. The van der Waals surface area contributed by atoms with E-state index in [4.69, 9.17) is 22.0 Å². The summed E-state index contributed by atoms with van der Waals surface area (Å²) in [5.41, 5.74) is 11.2. The summed E-state index contributed by atoms with van der Waals surface area (Å²) in [5, 5.41) is 37.6. The zero-order chi connectivity index (χ0) is 18.3. The molecule has 0 atom stereocenters. The van der Waals surface area contributed by atoms with Crippen LogP contribution in [0.4, 0.5) is 22.7 Å². The second-order valence-corrected chi connectivity index (χ2v) is 4.29. The lowest BCUT2D eigenvalue weighted by atomic mass is 10.2. The molecule has 0 fully saturated rings. The van der Waals surface area contributed by atoms with Crippen LogP contribution in [0.3, 0.4) is 0 Å². The average Bonchev–Trinajstić information content (AvgIpc) is 2.56. The number of nitrogens with two attached hydrogens (primary N) is 2. The Labute approximate surface area is 135 Å². The molecule has 0 unspecified atom stereocenters. The van der Waals surface area contributed by atoms with E-state index in [9.17, 15) is 20.2 Å². The lowest BCUT2D eigenvalue weighted by molar-refractivity contribution is -0.389. The molecule has 0 aliphatic carbocycles. The number of non-ortho nitro benzene ring substituents is 1. The SMILES string of the molecule is N#Cc1cc(N)ccc1N.N#Cc1cc([N+](=O)[O-])ccc1[N+](=O)[O-]. The molecule has 0 heterocycles. The van der Waals surface area contributed by atoms with Gasteiger partial charge in [-0.05, 0) is 18.2 Å². The number of hydrogen-bond donors (Lipinski definition) is 2. The van der Waals surface area contributed by atoms with Crippen LogP contribution in [0.2, 0.25) is 0 Å². The Balaban J connectivity index is 0.000000254. The summed E-state index contributed by atoms with van der Waals surface area (Å²) >= 11 is 0. The molecule has 0 aliphatic rings. The van der Waals surface area contributed by atoms with Crippen molar-refractivity contribution in [2.75, 3.05) is 11.5 Å². The lowest BCUT2D eigenvalue weighted by Crippen LogP contribution is -1.94. The summed E-state index contributed by atoms with van der Waals surface area (Å²) in [6.45, 7) is 0. The minimum absolute atomic E-state index is 0.316. The molecule has 0 saturated heterocycles. The first-order valence-electron chi connectivity index (χ1n) is 6.18. The van der Waals surface area contributed by atoms with Gasteiger partial charge in [-0.2, -0.15) is 10.5 Å². The van der Waals surface area contributed by atoms with Crippen LogP contribution < -0.4 is 11.5 Å². The predicted octanol–water partition coefficient (Wildman–Crippen LogP) is 2.10. The molecular formula is C14H10N6O4. The van der Waals surface area contributed by atoms with Gasteiger partial charge in [0.25, 0.3) is 11.4 Å². The van der Waals surface area contributed by atoms with Crippen LogP contribution in [-0.2, 0) is 0 Å². The molecule has 24 heavy (non-hydrogen) atoms. The molecule has 0 spiro atoms. The molecule has 10 heteroatoms. The van der Waals surface area contributed by atoms with Gasteiger partial charge in [0.2, 0.25) is 0 Å². The second-order valence-electron chi connectivity index (χ2n) is 4.29. The lowest BCUT2D eigenvalue weighted by Gasteiger charge is -1.96. The van der Waals surface area contributed by atoms with E-state index in [0.717, 1.165) is 18.2 Å². The molecule has 120 valence electrons. The Morgan fingerprint density at radius 3 is 1.96 bits per heavy atom. The minimum atomic E-state index is -0.762. The Morgan fingerprint density at radius 1 is 0.875 bits per heavy atom. The largest absolute Gasteiger partial charge is 0.399 e. The van der Waals surface area contributed by atoms with E-state index in [1.54, 1.807) is 18.2 Å². The molecule has 0 radical (unpaired) electrons. The Bertz CT molecular complexity index is 882. The van der Waals surface area contributed by atoms with Crippen molar-refractivity contribution in [3.05, 3.63) is 67.8 Å². The Hall–Kier alpha value is -4.18. The molecule has 0 amide bonds. The monoisotopic (exact) mass is 326 g/mol. The highest BCUT2D eigenvalue weighted by Crippen LogP contribution is 2.22. The van der Waals surface area contributed by atoms with Crippen LogP contribution in [0.15, 0.2) is 36.4 Å². The van der Waals surface area contributed by atoms with Crippen LogP contribution >= 0.6 is 0 Å². The molecule has 0 bridgehead atoms. The number of rotatable bonds is 2. The first-order valence-corrected chi connectivity index (χ1v) is 6.18. The van der Waals surface area contributed by atoms with Gasteiger partial charge in [0.15, 0.2) is 0 Å². The van der Waals surface area contributed by atoms with E-state index in [2.05, 4.69) is 0 Å². The maximum Gasteiger partial charge on any atom is 0.287 e. The molecule has 0 aliphatic heterocycles. The number of nitro groups is 2. The molecule has 2 aromatic carbocycles. The van der Waals surface area contributed by atoms with Crippen molar-refractivity contribution in [3.63, 3.8) is 0 Å². The third kappa shape index (κ3) is 4.41. The van der Waals surface area contributed by atoms with Crippen LogP contribution in [0, 0.1) is 42.9 Å². The van der Waals surface area contributed by atoms with Crippen molar-refractivity contribution in [3.8, 4) is 12.1 Å². The number of anilines is 2. The van der Waals surface area contributed by atoms with Gasteiger partial charge in [-0.15, -0.1) is 0 Å². The predicted molar refractivity (Wildman–Crippen MR) is 84.4 cm³/mol. The Kier molecular flexibility index (Phi) is 5.75. The fraction of sp³-hybridized carbons (Fsp3) is 0. The summed E-state index contributed by atoms with van der Waals surface area (Å²) in [4.78, 5) is 19.1. The van der Waals surface area contributed by atoms with E-state index in [1.165, 1.54) is 6.07 Å². The second kappa shape index (κ2) is 7.72. The van der Waals surface area contributed by atoms with Crippen LogP contribution in [0.1, 0.15) is 11.1 Å². The van der Waals surface area contributed by atoms with E-state index < -0.39 is 15.5 Å². The third-order valence-electron chi connectivity index (χ3n) is 2.71. The van der Waals surface area contributed by atoms with Crippen molar-refractivity contribution in [1.29, 1.82) is 10.5 Å². The van der Waals surface area contributed by atoms with Crippen molar-refractivity contribution < 1.29 is 9.85 Å². The first kappa shape index (κ1) is 17.9. The van der Waals surface area contributed by atoms with Gasteiger partial charge < -0.3 is 11.5 Å². The number of nitrogens with zero attached hydrogens (tertiary/aromatic N) is 4. The average molecular weight is 326 g/mol. The van der Waals surface area contributed by atoms with Gasteiger partial charge in [-0.3, -0.25) is 20.2 Å². The maximum atomic E-state index is 10.3. The van der Waals surface area contributed by atoms with Gasteiger partial charge >= 0.3 is 0 Å². The number of benzene rings is 2. The van der Waals surface area contributed by atoms with E-state index in [0.29, 0.717) is 16.9 Å². The van der Waals surface area contributed by atoms with Gasteiger partial charge in [0, 0.05) is 29.6 Å². The van der Waals surface area contributed by atoms with E-state index >= 15 is 0 Å². The summed E-state index contributed by atoms with van der Waals surface area (Å²) < 4.78 is 0. The molecule has 2 rings (SSSR count). The quantitative estimate of drug-likeness (QED) is 0.476. The first-order chi connectivity index (χ1) is 11.3. The zero-order valence-electron chi connectivity index (χ0n) is 12.0.